The van der Waals surface area contributed by atoms with Crippen molar-refractivity contribution in [2.24, 2.45) is 7.05 Å². The first-order valence-electron chi connectivity index (χ1n) is 10.3. The maximum Gasteiger partial charge on any atom is 0.416 e. The number of benzene rings is 2. The molecule has 2 aromatic carbocycles. The van der Waals surface area contributed by atoms with E-state index in [0.717, 1.165) is 18.7 Å². The average Bonchev–Trinajstić information content (AvgIpc) is 3.08. The summed E-state index contributed by atoms with van der Waals surface area (Å²) in [4.78, 5) is 22.2. The lowest BCUT2D eigenvalue weighted by atomic mass is 10.1. The van der Waals surface area contributed by atoms with Gasteiger partial charge in [-0.3, -0.25) is 9.69 Å². The highest BCUT2D eigenvalue weighted by atomic mass is 19.4. The molecule has 5 nitrogen and oxygen atoms in total. The monoisotopic (exact) mass is 438 g/mol. The van der Waals surface area contributed by atoms with E-state index >= 15 is 0 Å². The summed E-state index contributed by atoms with van der Waals surface area (Å²) in [7, 11) is 2.04. The molecule has 4 aromatic rings. The van der Waals surface area contributed by atoms with Gasteiger partial charge in [0.1, 0.15) is 5.82 Å². The Morgan fingerprint density at radius 1 is 1.09 bits per heavy atom. The molecule has 32 heavy (non-hydrogen) atoms. The Morgan fingerprint density at radius 2 is 1.84 bits per heavy atom. The number of aromatic nitrogens is 3. The van der Waals surface area contributed by atoms with E-state index in [4.69, 9.17) is 0 Å². The lowest BCUT2D eigenvalue weighted by Crippen LogP contribution is -2.35. The minimum atomic E-state index is -4.41. The Morgan fingerprint density at radius 3 is 2.56 bits per heavy atom. The van der Waals surface area contributed by atoms with Crippen molar-refractivity contribution in [2.75, 3.05) is 6.54 Å². The van der Waals surface area contributed by atoms with Gasteiger partial charge in [0, 0.05) is 49.0 Å². The van der Waals surface area contributed by atoms with Crippen molar-refractivity contribution in [3.8, 4) is 11.4 Å². The second-order valence-electron chi connectivity index (χ2n) is 8.13. The van der Waals surface area contributed by atoms with Crippen molar-refractivity contribution in [3.05, 3.63) is 87.5 Å². The highest BCUT2D eigenvalue weighted by molar-refractivity contribution is 5.81. The number of hydrogen-bond acceptors (Lipinski definition) is 3. The molecule has 0 saturated heterocycles. The van der Waals surface area contributed by atoms with Crippen molar-refractivity contribution in [1.29, 1.82) is 0 Å². The molecule has 0 spiro atoms. The summed E-state index contributed by atoms with van der Waals surface area (Å²) in [5.74, 6) is 0.286. The normalized spacial score (nSPS) is 14.6. The smallest absolute Gasteiger partial charge is 0.346 e. The van der Waals surface area contributed by atoms with Crippen molar-refractivity contribution in [1.82, 2.24) is 19.4 Å². The SMILES string of the molecule is Cn1c(CN2CCc3c(nc(-c4ccc(C(F)(F)F)cc4)[nH]c3=O)C2)cc2ccccc21. The van der Waals surface area contributed by atoms with E-state index in [0.29, 0.717) is 36.3 Å². The average molecular weight is 438 g/mol. The Hall–Kier alpha value is -3.39. The number of nitrogens with zero attached hydrogens (tertiary/aromatic N) is 3. The molecule has 1 N–H and O–H groups in total. The topological polar surface area (TPSA) is 53.9 Å². The fraction of sp³-hybridized carbons (Fsp3) is 0.250. The van der Waals surface area contributed by atoms with Gasteiger partial charge in [0.15, 0.2) is 0 Å². The van der Waals surface area contributed by atoms with E-state index in [1.165, 1.54) is 28.7 Å². The number of para-hydroxylation sites is 1. The molecule has 0 atom stereocenters. The quantitative estimate of drug-likeness (QED) is 0.512. The first-order valence-corrected chi connectivity index (χ1v) is 10.3. The van der Waals surface area contributed by atoms with E-state index in [9.17, 15) is 18.0 Å². The van der Waals surface area contributed by atoms with E-state index in [2.05, 4.69) is 37.6 Å². The van der Waals surface area contributed by atoms with Gasteiger partial charge in [0.25, 0.3) is 5.56 Å². The lowest BCUT2D eigenvalue weighted by molar-refractivity contribution is -0.137. The van der Waals surface area contributed by atoms with Crippen LogP contribution in [-0.2, 0) is 32.7 Å². The molecule has 0 bridgehead atoms. The molecule has 3 heterocycles. The number of aryl methyl sites for hydroxylation is 1. The molecule has 164 valence electrons. The standard InChI is InChI=1S/C24H21F3N4O/c1-30-18(12-16-4-2-3-5-21(16)30)13-31-11-10-19-20(14-31)28-22(29-23(19)32)15-6-8-17(9-7-15)24(25,26)27/h2-9,12H,10-11,13-14H2,1H3,(H,28,29,32). The van der Waals surface area contributed by atoms with E-state index in [1.807, 2.05) is 19.2 Å². The lowest BCUT2D eigenvalue weighted by Gasteiger charge is -2.27. The molecular formula is C24H21F3N4O. The molecule has 1 aliphatic rings. The zero-order chi connectivity index (χ0) is 22.5. The third-order valence-electron chi connectivity index (χ3n) is 6.07. The number of aromatic amines is 1. The van der Waals surface area contributed by atoms with Crippen LogP contribution in [0.2, 0.25) is 0 Å². The Labute approximate surface area is 182 Å². The van der Waals surface area contributed by atoms with Gasteiger partial charge in [-0.25, -0.2) is 4.98 Å². The molecule has 5 rings (SSSR count). The molecule has 1 aliphatic heterocycles. The molecular weight excluding hydrogens is 417 g/mol. The first kappa shape index (κ1) is 20.5. The van der Waals surface area contributed by atoms with Gasteiger partial charge in [-0.1, -0.05) is 30.3 Å². The van der Waals surface area contributed by atoms with Crippen molar-refractivity contribution in [2.45, 2.75) is 25.7 Å². The Bertz CT molecular complexity index is 1350. The summed E-state index contributed by atoms with van der Waals surface area (Å²) >= 11 is 0. The number of halogens is 3. The van der Waals surface area contributed by atoms with Gasteiger partial charge in [-0.05, 0) is 36.1 Å². The van der Waals surface area contributed by atoms with Crippen LogP contribution in [0.25, 0.3) is 22.3 Å². The summed E-state index contributed by atoms with van der Waals surface area (Å²) in [6, 6.07) is 15.0. The number of alkyl halides is 3. The number of hydrogen-bond donors (Lipinski definition) is 1. The minimum Gasteiger partial charge on any atom is -0.346 e. The molecule has 0 aliphatic carbocycles. The molecule has 0 radical (unpaired) electrons. The minimum absolute atomic E-state index is 0.228. The zero-order valence-corrected chi connectivity index (χ0v) is 17.4. The van der Waals surface area contributed by atoms with Gasteiger partial charge in [0.2, 0.25) is 0 Å². The fourth-order valence-corrected chi connectivity index (χ4v) is 4.31. The van der Waals surface area contributed by atoms with Gasteiger partial charge in [0.05, 0.1) is 11.3 Å². The first-order chi connectivity index (χ1) is 15.3. The van der Waals surface area contributed by atoms with Crippen LogP contribution < -0.4 is 5.56 Å². The highest BCUT2D eigenvalue weighted by Gasteiger charge is 2.30. The van der Waals surface area contributed by atoms with Crippen LogP contribution in [0.1, 0.15) is 22.5 Å². The summed E-state index contributed by atoms with van der Waals surface area (Å²) in [5, 5.41) is 1.18. The van der Waals surface area contributed by atoms with Crippen LogP contribution in [0.3, 0.4) is 0 Å². The number of fused-ring (bicyclic) bond motifs is 2. The molecule has 8 heteroatoms. The summed E-state index contributed by atoms with van der Waals surface area (Å²) < 4.78 is 40.7. The predicted octanol–water partition coefficient (Wildman–Crippen LogP) is 4.51. The third-order valence-corrected chi connectivity index (χ3v) is 6.07. The maximum absolute atomic E-state index is 12.8. The summed E-state index contributed by atoms with van der Waals surface area (Å²) in [6.45, 7) is 1.96. The van der Waals surface area contributed by atoms with Crippen molar-refractivity contribution >= 4 is 10.9 Å². The van der Waals surface area contributed by atoms with Crippen LogP contribution >= 0.6 is 0 Å². The van der Waals surface area contributed by atoms with Crippen LogP contribution in [0.5, 0.6) is 0 Å². The molecule has 0 fully saturated rings. The van der Waals surface area contributed by atoms with E-state index < -0.39 is 11.7 Å². The molecule has 0 amide bonds. The van der Waals surface area contributed by atoms with Crippen LogP contribution in [0.4, 0.5) is 13.2 Å². The second kappa shape index (κ2) is 7.63. The third kappa shape index (κ3) is 3.71. The zero-order valence-electron chi connectivity index (χ0n) is 17.4. The van der Waals surface area contributed by atoms with Gasteiger partial charge < -0.3 is 9.55 Å². The Balaban J connectivity index is 1.42. The largest absolute Gasteiger partial charge is 0.416 e. The van der Waals surface area contributed by atoms with Crippen molar-refractivity contribution in [3.63, 3.8) is 0 Å². The highest BCUT2D eigenvalue weighted by Crippen LogP contribution is 2.30. The van der Waals surface area contributed by atoms with Crippen molar-refractivity contribution < 1.29 is 13.2 Å². The molecule has 2 aromatic heterocycles. The maximum atomic E-state index is 12.8. The molecule has 0 saturated carbocycles. The summed E-state index contributed by atoms with van der Waals surface area (Å²) in [6.07, 6.45) is -3.83. The number of nitrogens with one attached hydrogen (secondary N) is 1. The van der Waals surface area contributed by atoms with Crippen LogP contribution in [-0.4, -0.2) is 26.0 Å². The molecule has 0 unspecified atom stereocenters. The van der Waals surface area contributed by atoms with Gasteiger partial charge in [-0.15, -0.1) is 0 Å². The second-order valence-corrected chi connectivity index (χ2v) is 8.13. The predicted molar refractivity (Wildman–Crippen MR) is 116 cm³/mol. The van der Waals surface area contributed by atoms with E-state index in [-0.39, 0.29) is 11.4 Å². The summed E-state index contributed by atoms with van der Waals surface area (Å²) in [5.41, 5.74) is 3.14. The van der Waals surface area contributed by atoms with Crippen LogP contribution in [0, 0.1) is 0 Å². The fourth-order valence-electron chi connectivity index (χ4n) is 4.31. The van der Waals surface area contributed by atoms with Gasteiger partial charge in [-0.2, -0.15) is 13.2 Å². The van der Waals surface area contributed by atoms with Gasteiger partial charge >= 0.3 is 6.18 Å². The number of rotatable bonds is 3. The number of H-pyrrole nitrogens is 1. The van der Waals surface area contributed by atoms with E-state index in [1.54, 1.807) is 0 Å². The Kier molecular flexibility index (Phi) is 4.89. The van der Waals surface area contributed by atoms with Crippen LogP contribution in [0.15, 0.2) is 59.4 Å².